The zero-order chi connectivity index (χ0) is 13.9. The number of hydrogen-bond donors (Lipinski definition) is 0. The molecule has 2 rings (SSSR count). The third-order valence-corrected chi connectivity index (χ3v) is 4.35. The maximum atomic E-state index is 5.42. The van der Waals surface area contributed by atoms with E-state index in [2.05, 4.69) is 39.0 Å². The van der Waals surface area contributed by atoms with Crippen molar-refractivity contribution in [2.75, 3.05) is 7.11 Å². The second-order valence-corrected chi connectivity index (χ2v) is 6.68. The molecule has 0 aromatic heterocycles. The minimum absolute atomic E-state index is 0.454. The van der Waals surface area contributed by atoms with Gasteiger partial charge in [-0.3, -0.25) is 0 Å². The van der Waals surface area contributed by atoms with Crippen LogP contribution in [0.5, 0.6) is 5.75 Å². The van der Waals surface area contributed by atoms with Crippen molar-refractivity contribution in [2.24, 2.45) is 11.3 Å². The quantitative estimate of drug-likeness (QED) is 0.698. The molecule has 1 fully saturated rings. The van der Waals surface area contributed by atoms with Crippen LogP contribution in [0.2, 0.25) is 0 Å². The summed E-state index contributed by atoms with van der Waals surface area (Å²) in [6.07, 6.45) is 7.45. The summed E-state index contributed by atoms with van der Waals surface area (Å²) in [5.41, 5.74) is 3.25. The van der Waals surface area contributed by atoms with Gasteiger partial charge in [0, 0.05) is 5.56 Å². The van der Waals surface area contributed by atoms with E-state index in [9.17, 15) is 0 Å². The molecule has 1 aromatic rings. The van der Waals surface area contributed by atoms with Crippen LogP contribution >= 0.6 is 0 Å². The van der Waals surface area contributed by atoms with E-state index in [1.807, 2.05) is 12.1 Å². The normalized spacial score (nSPS) is 20.2. The average Bonchev–Trinajstić information content (AvgIpc) is 2.39. The lowest BCUT2D eigenvalue weighted by Gasteiger charge is -2.34. The highest BCUT2D eigenvalue weighted by Gasteiger charge is 2.27. The van der Waals surface area contributed by atoms with Gasteiger partial charge in [0.2, 0.25) is 0 Å². The largest absolute Gasteiger partial charge is 0.496 e. The van der Waals surface area contributed by atoms with Crippen LogP contribution in [0.15, 0.2) is 29.8 Å². The Morgan fingerprint density at radius 3 is 2.32 bits per heavy atom. The summed E-state index contributed by atoms with van der Waals surface area (Å²) < 4.78 is 5.42. The molecule has 0 unspecified atom stereocenters. The van der Waals surface area contributed by atoms with Gasteiger partial charge in [-0.2, -0.15) is 0 Å². The van der Waals surface area contributed by atoms with Gasteiger partial charge in [-0.1, -0.05) is 50.6 Å². The molecule has 0 saturated heterocycles. The lowest BCUT2D eigenvalue weighted by molar-refractivity contribution is 0.198. The number of benzene rings is 1. The van der Waals surface area contributed by atoms with Gasteiger partial charge in [0.05, 0.1) is 7.11 Å². The molecule has 1 aliphatic rings. The van der Waals surface area contributed by atoms with Crippen molar-refractivity contribution in [2.45, 2.75) is 46.5 Å². The zero-order valence-electron chi connectivity index (χ0n) is 12.7. The van der Waals surface area contributed by atoms with Gasteiger partial charge >= 0.3 is 0 Å². The Labute approximate surface area is 117 Å². The number of rotatable bonds is 2. The van der Waals surface area contributed by atoms with Crippen molar-refractivity contribution in [1.29, 1.82) is 0 Å². The van der Waals surface area contributed by atoms with Crippen LogP contribution in [0.25, 0.3) is 6.08 Å². The third-order valence-electron chi connectivity index (χ3n) is 4.35. The SMILES string of the molecule is COc1ccccc1C=C1CCC(C(C)(C)C)CC1. The fourth-order valence-electron chi connectivity index (χ4n) is 3.00. The first-order chi connectivity index (χ1) is 9.00. The molecule has 1 saturated carbocycles. The lowest BCUT2D eigenvalue weighted by atomic mass is 9.71. The van der Waals surface area contributed by atoms with E-state index in [-0.39, 0.29) is 0 Å². The number of allylic oxidation sites excluding steroid dienone is 1. The minimum atomic E-state index is 0.454. The van der Waals surface area contributed by atoms with Gasteiger partial charge < -0.3 is 4.74 Å². The second-order valence-electron chi connectivity index (χ2n) is 6.68. The van der Waals surface area contributed by atoms with E-state index < -0.39 is 0 Å². The first kappa shape index (κ1) is 14.2. The van der Waals surface area contributed by atoms with Crippen molar-refractivity contribution in [3.8, 4) is 5.75 Å². The van der Waals surface area contributed by atoms with Crippen LogP contribution in [0.1, 0.15) is 52.0 Å². The van der Waals surface area contributed by atoms with Crippen LogP contribution in [0.4, 0.5) is 0 Å². The standard InChI is InChI=1S/C18H26O/c1-18(2,3)16-11-9-14(10-12-16)13-15-7-5-6-8-17(15)19-4/h5-8,13,16H,9-12H2,1-4H3. The third kappa shape index (κ3) is 3.62. The Balaban J connectivity index is 2.07. The topological polar surface area (TPSA) is 9.23 Å². The Morgan fingerprint density at radius 1 is 1.11 bits per heavy atom. The Kier molecular flexibility index (Phi) is 4.34. The molecular weight excluding hydrogens is 232 g/mol. The second kappa shape index (κ2) is 5.81. The Morgan fingerprint density at radius 2 is 1.74 bits per heavy atom. The molecular formula is C18H26O. The minimum Gasteiger partial charge on any atom is -0.496 e. The van der Waals surface area contributed by atoms with E-state index in [1.54, 1.807) is 12.7 Å². The monoisotopic (exact) mass is 258 g/mol. The van der Waals surface area contributed by atoms with Crippen molar-refractivity contribution < 1.29 is 4.74 Å². The zero-order valence-corrected chi connectivity index (χ0v) is 12.7. The average molecular weight is 258 g/mol. The van der Waals surface area contributed by atoms with Gasteiger partial charge in [0.1, 0.15) is 5.75 Å². The van der Waals surface area contributed by atoms with Gasteiger partial charge in [-0.25, -0.2) is 0 Å². The molecule has 0 spiro atoms. The first-order valence-corrected chi connectivity index (χ1v) is 7.33. The molecule has 1 heteroatoms. The smallest absolute Gasteiger partial charge is 0.126 e. The Bertz CT molecular complexity index is 441. The molecule has 0 aliphatic heterocycles. The number of para-hydroxylation sites is 1. The van der Waals surface area contributed by atoms with Crippen LogP contribution in [-0.2, 0) is 0 Å². The molecule has 0 radical (unpaired) electrons. The van der Waals surface area contributed by atoms with Crippen molar-refractivity contribution in [1.82, 2.24) is 0 Å². The molecule has 0 atom stereocenters. The molecule has 1 aromatic carbocycles. The van der Waals surface area contributed by atoms with Crippen molar-refractivity contribution in [3.05, 3.63) is 35.4 Å². The van der Waals surface area contributed by atoms with E-state index in [0.717, 1.165) is 11.7 Å². The van der Waals surface area contributed by atoms with Crippen LogP contribution in [0, 0.1) is 11.3 Å². The summed E-state index contributed by atoms with van der Waals surface area (Å²) in [4.78, 5) is 0. The molecule has 0 N–H and O–H groups in total. The van der Waals surface area contributed by atoms with Crippen molar-refractivity contribution >= 4 is 6.08 Å². The highest BCUT2D eigenvalue weighted by atomic mass is 16.5. The predicted molar refractivity (Wildman–Crippen MR) is 82.4 cm³/mol. The summed E-state index contributed by atoms with van der Waals surface area (Å²) in [5, 5.41) is 0. The van der Waals surface area contributed by atoms with Gasteiger partial charge in [0.15, 0.2) is 0 Å². The number of ether oxygens (including phenoxy) is 1. The molecule has 19 heavy (non-hydrogen) atoms. The van der Waals surface area contributed by atoms with Gasteiger partial charge in [0.25, 0.3) is 0 Å². The molecule has 0 heterocycles. The molecule has 1 nitrogen and oxygen atoms in total. The lowest BCUT2D eigenvalue weighted by Crippen LogP contribution is -2.23. The molecule has 0 amide bonds. The highest BCUT2D eigenvalue weighted by molar-refractivity contribution is 5.59. The number of hydrogen-bond acceptors (Lipinski definition) is 1. The maximum absolute atomic E-state index is 5.42. The van der Waals surface area contributed by atoms with Crippen LogP contribution in [0.3, 0.4) is 0 Å². The molecule has 1 aliphatic carbocycles. The predicted octanol–water partition coefficient (Wildman–Crippen LogP) is 5.31. The van der Waals surface area contributed by atoms with E-state index >= 15 is 0 Å². The number of methoxy groups -OCH3 is 1. The van der Waals surface area contributed by atoms with Gasteiger partial charge in [-0.15, -0.1) is 0 Å². The van der Waals surface area contributed by atoms with Crippen molar-refractivity contribution in [3.63, 3.8) is 0 Å². The molecule has 104 valence electrons. The first-order valence-electron chi connectivity index (χ1n) is 7.33. The molecule has 0 bridgehead atoms. The summed E-state index contributed by atoms with van der Waals surface area (Å²) in [6.45, 7) is 7.10. The Hall–Kier alpha value is -1.24. The van der Waals surface area contributed by atoms with E-state index in [4.69, 9.17) is 4.74 Å². The maximum Gasteiger partial charge on any atom is 0.126 e. The summed E-state index contributed by atoms with van der Waals surface area (Å²) in [7, 11) is 1.74. The van der Waals surface area contributed by atoms with Crippen LogP contribution < -0.4 is 4.74 Å². The van der Waals surface area contributed by atoms with Crippen LogP contribution in [-0.4, -0.2) is 7.11 Å². The fraction of sp³-hybridized carbons (Fsp3) is 0.556. The van der Waals surface area contributed by atoms with E-state index in [0.29, 0.717) is 5.41 Å². The summed E-state index contributed by atoms with van der Waals surface area (Å²) in [6, 6.07) is 8.28. The fourth-order valence-corrected chi connectivity index (χ4v) is 3.00. The summed E-state index contributed by atoms with van der Waals surface area (Å²) in [5.74, 6) is 1.84. The van der Waals surface area contributed by atoms with E-state index in [1.165, 1.54) is 31.2 Å². The van der Waals surface area contributed by atoms with Gasteiger partial charge in [-0.05, 0) is 43.1 Å². The highest BCUT2D eigenvalue weighted by Crippen LogP contribution is 2.40. The summed E-state index contributed by atoms with van der Waals surface area (Å²) >= 11 is 0.